The molecule has 33 heavy (non-hydrogen) atoms. The third-order valence-corrected chi connectivity index (χ3v) is 5.43. The summed E-state index contributed by atoms with van der Waals surface area (Å²) >= 11 is 0. The van der Waals surface area contributed by atoms with Gasteiger partial charge in [-0.15, -0.1) is 0 Å². The minimum Gasteiger partial charge on any atom is -0.493 e. The molecule has 0 saturated heterocycles. The van der Waals surface area contributed by atoms with E-state index in [9.17, 15) is 4.79 Å². The summed E-state index contributed by atoms with van der Waals surface area (Å²) in [6.45, 7) is 0.945. The van der Waals surface area contributed by atoms with Gasteiger partial charge in [-0.05, 0) is 60.5 Å². The predicted octanol–water partition coefficient (Wildman–Crippen LogP) is 4.25. The summed E-state index contributed by atoms with van der Waals surface area (Å²) in [5.41, 5.74) is 3.41. The van der Waals surface area contributed by atoms with E-state index < -0.39 is 0 Å². The molecule has 0 radical (unpaired) electrons. The Bertz CT molecular complexity index is 1200. The van der Waals surface area contributed by atoms with Gasteiger partial charge in [0, 0.05) is 31.5 Å². The summed E-state index contributed by atoms with van der Waals surface area (Å²) in [6, 6.07) is 18.8. The molecule has 170 valence electrons. The van der Waals surface area contributed by atoms with Gasteiger partial charge in [-0.1, -0.05) is 12.1 Å². The van der Waals surface area contributed by atoms with E-state index in [0.29, 0.717) is 42.4 Å². The molecule has 4 rings (SSSR count). The van der Waals surface area contributed by atoms with Gasteiger partial charge >= 0.3 is 0 Å². The second-order valence-electron chi connectivity index (χ2n) is 7.68. The van der Waals surface area contributed by atoms with Gasteiger partial charge in [-0.2, -0.15) is 0 Å². The number of fused-ring (bicyclic) bond motifs is 1. The molecule has 7 nitrogen and oxygen atoms in total. The predicted molar refractivity (Wildman–Crippen MR) is 126 cm³/mol. The smallest absolute Gasteiger partial charge is 0.253 e. The van der Waals surface area contributed by atoms with Crippen LogP contribution < -0.4 is 14.2 Å². The molecule has 4 aromatic rings. The van der Waals surface area contributed by atoms with Crippen LogP contribution in [0.1, 0.15) is 21.6 Å². The Morgan fingerprint density at radius 3 is 2.52 bits per heavy atom. The van der Waals surface area contributed by atoms with Crippen molar-refractivity contribution in [3.05, 3.63) is 89.9 Å². The summed E-state index contributed by atoms with van der Waals surface area (Å²) in [5.74, 6) is 2.02. The van der Waals surface area contributed by atoms with Crippen molar-refractivity contribution in [1.29, 1.82) is 0 Å². The number of hydrogen-bond donors (Lipinski definition) is 0. The lowest BCUT2D eigenvalue weighted by Gasteiger charge is -2.18. The van der Waals surface area contributed by atoms with Crippen LogP contribution in [0.3, 0.4) is 0 Å². The number of amides is 1. The largest absolute Gasteiger partial charge is 0.493 e. The number of benzene rings is 2. The molecular formula is C26H27N3O4. The molecule has 0 atom stereocenters. The van der Waals surface area contributed by atoms with E-state index in [2.05, 4.69) is 4.98 Å². The summed E-state index contributed by atoms with van der Waals surface area (Å²) in [5, 5.41) is 0. The molecule has 2 heterocycles. The van der Waals surface area contributed by atoms with E-state index in [4.69, 9.17) is 14.2 Å². The number of rotatable bonds is 9. The Kier molecular flexibility index (Phi) is 6.78. The Morgan fingerprint density at radius 2 is 1.79 bits per heavy atom. The van der Waals surface area contributed by atoms with E-state index >= 15 is 0 Å². The fourth-order valence-electron chi connectivity index (χ4n) is 3.56. The van der Waals surface area contributed by atoms with Crippen molar-refractivity contribution in [3.8, 4) is 17.2 Å². The lowest BCUT2D eigenvalue weighted by atomic mass is 10.1. The van der Waals surface area contributed by atoms with Gasteiger partial charge in [-0.3, -0.25) is 4.79 Å². The first-order chi connectivity index (χ1) is 16.1. The number of nitrogens with zero attached hydrogens (tertiary/aromatic N) is 3. The zero-order valence-corrected chi connectivity index (χ0v) is 19.0. The number of carbonyl (C=O) groups excluding carboxylic acids is 1. The quantitative estimate of drug-likeness (QED) is 0.385. The maximum atomic E-state index is 12.8. The number of pyridine rings is 1. The van der Waals surface area contributed by atoms with E-state index in [1.165, 1.54) is 0 Å². The number of carbonyl (C=O) groups is 1. The molecular weight excluding hydrogens is 418 g/mol. The highest BCUT2D eigenvalue weighted by Gasteiger charge is 2.13. The van der Waals surface area contributed by atoms with Crippen LogP contribution in [-0.2, 0) is 13.0 Å². The average Bonchev–Trinajstić information content (AvgIpc) is 3.28. The zero-order chi connectivity index (χ0) is 23.2. The highest BCUT2D eigenvalue weighted by molar-refractivity contribution is 5.94. The van der Waals surface area contributed by atoms with Crippen LogP contribution in [0.15, 0.2) is 73.1 Å². The third-order valence-electron chi connectivity index (χ3n) is 5.43. The Labute approximate surface area is 193 Å². The Balaban J connectivity index is 1.31. The van der Waals surface area contributed by atoms with Crippen LogP contribution >= 0.6 is 0 Å². The first-order valence-electron chi connectivity index (χ1n) is 10.7. The lowest BCUT2D eigenvalue weighted by Crippen LogP contribution is -2.28. The van der Waals surface area contributed by atoms with Crippen molar-refractivity contribution < 1.29 is 19.0 Å². The van der Waals surface area contributed by atoms with Gasteiger partial charge in [0.2, 0.25) is 0 Å². The third kappa shape index (κ3) is 5.26. The van der Waals surface area contributed by atoms with E-state index in [0.717, 1.165) is 16.9 Å². The fraction of sp³-hybridized carbons (Fsp3) is 0.231. The van der Waals surface area contributed by atoms with Crippen LogP contribution in [0.2, 0.25) is 0 Å². The number of aromatic nitrogens is 2. The fourth-order valence-corrected chi connectivity index (χ4v) is 3.56. The normalized spacial score (nSPS) is 10.8. The molecule has 0 aliphatic heterocycles. The topological polar surface area (TPSA) is 65.3 Å². The number of methoxy groups -OCH3 is 2. The van der Waals surface area contributed by atoms with Crippen molar-refractivity contribution in [1.82, 2.24) is 14.3 Å². The van der Waals surface area contributed by atoms with Gasteiger partial charge in [0.25, 0.3) is 5.91 Å². The molecule has 0 unspecified atom stereocenters. The molecule has 0 aliphatic carbocycles. The van der Waals surface area contributed by atoms with Crippen LogP contribution in [0, 0.1) is 0 Å². The van der Waals surface area contributed by atoms with Crippen molar-refractivity contribution >= 4 is 11.6 Å². The van der Waals surface area contributed by atoms with Gasteiger partial charge in [0.15, 0.2) is 11.5 Å². The Morgan fingerprint density at radius 1 is 1.00 bits per heavy atom. The van der Waals surface area contributed by atoms with Crippen molar-refractivity contribution in [2.75, 3.05) is 27.8 Å². The molecule has 0 bridgehead atoms. The van der Waals surface area contributed by atoms with Crippen molar-refractivity contribution in [2.24, 2.45) is 0 Å². The van der Waals surface area contributed by atoms with Crippen LogP contribution in [-0.4, -0.2) is 48.0 Å². The highest BCUT2D eigenvalue weighted by Crippen LogP contribution is 2.27. The maximum Gasteiger partial charge on any atom is 0.253 e. The van der Waals surface area contributed by atoms with Crippen LogP contribution in [0.4, 0.5) is 0 Å². The summed E-state index contributed by atoms with van der Waals surface area (Å²) in [7, 11) is 5.03. The second-order valence-corrected chi connectivity index (χ2v) is 7.68. The van der Waals surface area contributed by atoms with Gasteiger partial charge in [0.1, 0.15) is 18.0 Å². The number of likely N-dealkylation sites (N-methyl/N-ethyl adjacent to an activating group) is 1. The Hall–Kier alpha value is -4.00. The molecule has 2 aromatic carbocycles. The zero-order valence-electron chi connectivity index (χ0n) is 19.0. The number of hydrogen-bond acceptors (Lipinski definition) is 5. The highest BCUT2D eigenvalue weighted by atomic mass is 16.5. The summed E-state index contributed by atoms with van der Waals surface area (Å²) in [6.07, 6.45) is 4.61. The van der Waals surface area contributed by atoms with Gasteiger partial charge in [-0.25, -0.2) is 4.98 Å². The molecule has 0 spiro atoms. The summed E-state index contributed by atoms with van der Waals surface area (Å²) < 4.78 is 18.4. The van der Waals surface area contributed by atoms with Gasteiger partial charge in [0.05, 0.1) is 19.9 Å². The van der Waals surface area contributed by atoms with Crippen molar-refractivity contribution in [2.45, 2.75) is 13.0 Å². The minimum atomic E-state index is -0.0395. The first-order valence-corrected chi connectivity index (χ1v) is 10.7. The molecule has 0 saturated carbocycles. The van der Waals surface area contributed by atoms with Gasteiger partial charge < -0.3 is 23.5 Å². The number of imidazole rings is 1. The molecule has 0 fully saturated rings. The van der Waals surface area contributed by atoms with E-state index in [-0.39, 0.29) is 5.91 Å². The standard InChI is InChI=1S/C26H27N3O4/c1-28(15-13-19-7-12-23(31-2)24(16-19)32-3)26(30)20-8-10-22(11-9-20)33-18-21-17-29-14-5-4-6-25(29)27-21/h4-12,14,16-17H,13,15,18H2,1-3H3. The van der Waals surface area contributed by atoms with Crippen LogP contribution in [0.25, 0.3) is 5.65 Å². The SMILES string of the molecule is COc1ccc(CCN(C)C(=O)c2ccc(OCc3cn4ccccc4n3)cc2)cc1OC. The average molecular weight is 446 g/mol. The molecule has 2 aromatic heterocycles. The minimum absolute atomic E-state index is 0.0395. The molecule has 7 heteroatoms. The monoisotopic (exact) mass is 445 g/mol. The van der Waals surface area contributed by atoms with Crippen molar-refractivity contribution in [3.63, 3.8) is 0 Å². The summed E-state index contributed by atoms with van der Waals surface area (Å²) in [4.78, 5) is 19.0. The second kappa shape index (κ2) is 10.1. The van der Waals surface area contributed by atoms with E-state index in [1.54, 1.807) is 38.3 Å². The molecule has 1 amide bonds. The van der Waals surface area contributed by atoms with E-state index in [1.807, 2.05) is 65.3 Å². The van der Waals surface area contributed by atoms with Crippen LogP contribution in [0.5, 0.6) is 17.2 Å². The molecule has 0 N–H and O–H groups in total. The lowest BCUT2D eigenvalue weighted by molar-refractivity contribution is 0.0796. The first kappa shape index (κ1) is 22.2. The maximum absolute atomic E-state index is 12.8. The molecule has 0 aliphatic rings. The number of ether oxygens (including phenoxy) is 3.